The van der Waals surface area contributed by atoms with E-state index in [1.54, 1.807) is 0 Å². The molecule has 1 aromatic rings. The molecule has 1 aromatic carbocycles. The van der Waals surface area contributed by atoms with Gasteiger partial charge in [-0.3, -0.25) is 0 Å². The number of ether oxygens (including phenoxy) is 3. The number of hydrogen-bond acceptors (Lipinski definition) is 3. The van der Waals surface area contributed by atoms with Crippen molar-refractivity contribution in [3.05, 3.63) is 24.3 Å². The van der Waals surface area contributed by atoms with Crippen LogP contribution in [0.25, 0.3) is 0 Å². The topological polar surface area (TPSA) is 27.7 Å². The first kappa shape index (κ1) is 17.1. The molecule has 4 heteroatoms. The molecule has 1 aliphatic rings. The standard InChI is InChI=1S/C18H30NO3/c1-3-4-13-21-17-6-8-18(9-7-17)22-14-5-10-19(2)11-15-20-16-12-19/h6-9H,3-5,10-16H2,1-2H3/q+1. The minimum atomic E-state index is 0.769. The first-order chi connectivity index (χ1) is 10.7. The molecule has 1 saturated heterocycles. The van der Waals surface area contributed by atoms with E-state index in [0.29, 0.717) is 0 Å². The lowest BCUT2D eigenvalue weighted by molar-refractivity contribution is -0.917. The van der Waals surface area contributed by atoms with Gasteiger partial charge in [-0.1, -0.05) is 13.3 Å². The lowest BCUT2D eigenvalue weighted by atomic mass is 10.3. The van der Waals surface area contributed by atoms with Crippen molar-refractivity contribution < 1.29 is 18.7 Å². The van der Waals surface area contributed by atoms with E-state index in [9.17, 15) is 0 Å². The fourth-order valence-electron chi connectivity index (χ4n) is 2.61. The van der Waals surface area contributed by atoms with Crippen molar-refractivity contribution in [3.63, 3.8) is 0 Å². The van der Waals surface area contributed by atoms with Crippen molar-refractivity contribution in [1.29, 1.82) is 0 Å². The molecular weight excluding hydrogens is 278 g/mol. The fourth-order valence-corrected chi connectivity index (χ4v) is 2.61. The molecule has 2 rings (SSSR count). The van der Waals surface area contributed by atoms with Gasteiger partial charge in [-0.15, -0.1) is 0 Å². The summed E-state index contributed by atoms with van der Waals surface area (Å²) in [5.74, 6) is 1.85. The third-order valence-electron chi connectivity index (χ3n) is 4.25. The molecule has 1 heterocycles. The molecule has 0 amide bonds. The van der Waals surface area contributed by atoms with E-state index in [4.69, 9.17) is 14.2 Å². The van der Waals surface area contributed by atoms with Gasteiger partial charge in [0.1, 0.15) is 24.6 Å². The average Bonchev–Trinajstić information content (AvgIpc) is 2.54. The summed E-state index contributed by atoms with van der Waals surface area (Å²) in [4.78, 5) is 0. The summed E-state index contributed by atoms with van der Waals surface area (Å²) < 4.78 is 18.0. The van der Waals surface area contributed by atoms with Crippen LogP contribution in [0.1, 0.15) is 26.2 Å². The van der Waals surface area contributed by atoms with E-state index < -0.39 is 0 Å². The van der Waals surface area contributed by atoms with Crippen molar-refractivity contribution in [2.45, 2.75) is 26.2 Å². The van der Waals surface area contributed by atoms with Crippen LogP contribution in [0.2, 0.25) is 0 Å². The number of unbranched alkanes of at least 4 members (excludes halogenated alkanes) is 1. The minimum Gasteiger partial charge on any atom is -0.494 e. The Balaban J connectivity index is 1.64. The van der Waals surface area contributed by atoms with Crippen molar-refractivity contribution in [2.75, 3.05) is 53.1 Å². The lowest BCUT2D eigenvalue weighted by Gasteiger charge is -2.37. The second-order valence-corrected chi connectivity index (χ2v) is 6.28. The Labute approximate surface area is 134 Å². The second-order valence-electron chi connectivity index (χ2n) is 6.28. The summed E-state index contributed by atoms with van der Waals surface area (Å²) in [6, 6.07) is 7.96. The van der Waals surface area contributed by atoms with Crippen LogP contribution in [0, 0.1) is 0 Å². The smallest absolute Gasteiger partial charge is 0.119 e. The SMILES string of the molecule is CCCCOc1ccc(OCCC[N+]2(C)CCOCC2)cc1. The molecule has 0 aromatic heterocycles. The highest BCUT2D eigenvalue weighted by Gasteiger charge is 2.24. The molecule has 0 bridgehead atoms. The van der Waals surface area contributed by atoms with Gasteiger partial charge in [0.25, 0.3) is 0 Å². The van der Waals surface area contributed by atoms with Gasteiger partial charge in [0.15, 0.2) is 0 Å². The molecular formula is C18H30NO3+. The average molecular weight is 308 g/mol. The molecule has 0 saturated carbocycles. The van der Waals surface area contributed by atoms with Crippen LogP contribution in [0.15, 0.2) is 24.3 Å². The van der Waals surface area contributed by atoms with Gasteiger partial charge in [0.2, 0.25) is 0 Å². The van der Waals surface area contributed by atoms with Crippen LogP contribution in [-0.4, -0.2) is 57.6 Å². The van der Waals surface area contributed by atoms with Crippen LogP contribution in [0.4, 0.5) is 0 Å². The van der Waals surface area contributed by atoms with Crippen molar-refractivity contribution >= 4 is 0 Å². The zero-order chi connectivity index (χ0) is 15.7. The molecule has 4 nitrogen and oxygen atoms in total. The van der Waals surface area contributed by atoms with Crippen LogP contribution in [0.5, 0.6) is 11.5 Å². The number of quaternary nitrogens is 1. The summed E-state index contributed by atoms with van der Waals surface area (Å²) in [5, 5.41) is 0. The molecule has 0 radical (unpaired) electrons. The Hall–Kier alpha value is -1.26. The van der Waals surface area contributed by atoms with Gasteiger partial charge in [0.05, 0.1) is 40.0 Å². The third kappa shape index (κ3) is 5.85. The molecule has 0 N–H and O–H groups in total. The maximum absolute atomic E-state index is 5.83. The molecule has 0 spiro atoms. The molecule has 0 atom stereocenters. The van der Waals surface area contributed by atoms with E-state index in [0.717, 1.165) is 81.3 Å². The van der Waals surface area contributed by atoms with Gasteiger partial charge in [0, 0.05) is 6.42 Å². The van der Waals surface area contributed by atoms with Gasteiger partial charge in [-0.05, 0) is 30.7 Å². The normalized spacial score (nSPS) is 17.2. The van der Waals surface area contributed by atoms with Gasteiger partial charge in [-0.25, -0.2) is 0 Å². The Bertz CT molecular complexity index is 413. The maximum Gasteiger partial charge on any atom is 0.119 e. The third-order valence-corrected chi connectivity index (χ3v) is 4.25. The number of rotatable bonds is 9. The quantitative estimate of drug-likeness (QED) is 0.518. The van der Waals surface area contributed by atoms with E-state index in [1.807, 2.05) is 24.3 Å². The van der Waals surface area contributed by atoms with E-state index in [-0.39, 0.29) is 0 Å². The number of hydrogen-bond donors (Lipinski definition) is 0. The zero-order valence-corrected chi connectivity index (χ0v) is 14.1. The minimum absolute atomic E-state index is 0.769. The molecule has 1 fully saturated rings. The summed E-state index contributed by atoms with van der Waals surface area (Å²) in [7, 11) is 2.31. The fraction of sp³-hybridized carbons (Fsp3) is 0.667. The maximum atomic E-state index is 5.83. The van der Waals surface area contributed by atoms with Crippen LogP contribution >= 0.6 is 0 Å². The van der Waals surface area contributed by atoms with Crippen molar-refractivity contribution in [3.8, 4) is 11.5 Å². The second kappa shape index (κ2) is 9.01. The molecule has 1 aliphatic heterocycles. The van der Waals surface area contributed by atoms with Gasteiger partial charge in [-0.2, -0.15) is 0 Å². The largest absolute Gasteiger partial charge is 0.494 e. The molecule has 0 aliphatic carbocycles. The van der Waals surface area contributed by atoms with E-state index in [1.165, 1.54) is 0 Å². The highest BCUT2D eigenvalue weighted by Crippen LogP contribution is 2.18. The summed E-state index contributed by atoms with van der Waals surface area (Å²) in [6.45, 7) is 8.88. The number of morpholine rings is 1. The Morgan fingerprint density at radius 1 is 0.955 bits per heavy atom. The van der Waals surface area contributed by atoms with E-state index >= 15 is 0 Å². The van der Waals surface area contributed by atoms with Gasteiger partial charge < -0.3 is 18.7 Å². The van der Waals surface area contributed by atoms with Gasteiger partial charge >= 0.3 is 0 Å². The molecule has 0 unspecified atom stereocenters. The zero-order valence-electron chi connectivity index (χ0n) is 14.1. The summed E-state index contributed by atoms with van der Waals surface area (Å²) >= 11 is 0. The predicted octanol–water partition coefficient (Wildman–Crippen LogP) is 3.11. The molecule has 22 heavy (non-hydrogen) atoms. The van der Waals surface area contributed by atoms with E-state index in [2.05, 4.69) is 14.0 Å². The van der Waals surface area contributed by atoms with Crippen molar-refractivity contribution in [2.24, 2.45) is 0 Å². The highest BCUT2D eigenvalue weighted by atomic mass is 16.5. The number of nitrogens with zero attached hydrogens (tertiary/aromatic N) is 1. The number of likely N-dealkylation sites (N-methyl/N-ethyl adjacent to an activating group) is 1. The van der Waals surface area contributed by atoms with Crippen LogP contribution in [-0.2, 0) is 4.74 Å². The first-order valence-electron chi connectivity index (χ1n) is 8.49. The number of benzene rings is 1. The Morgan fingerprint density at radius 3 is 2.05 bits per heavy atom. The first-order valence-corrected chi connectivity index (χ1v) is 8.49. The van der Waals surface area contributed by atoms with Crippen molar-refractivity contribution in [1.82, 2.24) is 0 Å². The molecule has 124 valence electrons. The van der Waals surface area contributed by atoms with Crippen LogP contribution < -0.4 is 9.47 Å². The highest BCUT2D eigenvalue weighted by molar-refractivity contribution is 5.31. The monoisotopic (exact) mass is 308 g/mol. The Morgan fingerprint density at radius 2 is 1.50 bits per heavy atom. The van der Waals surface area contributed by atoms with Crippen LogP contribution in [0.3, 0.4) is 0 Å². The summed E-state index contributed by atoms with van der Waals surface area (Å²) in [6.07, 6.45) is 3.33. The lowest BCUT2D eigenvalue weighted by Crippen LogP contribution is -2.52. The summed E-state index contributed by atoms with van der Waals surface area (Å²) in [5.41, 5.74) is 0. The Kier molecular flexibility index (Phi) is 7.00. The predicted molar refractivity (Wildman–Crippen MR) is 88.6 cm³/mol.